The molecule has 1 aromatic carbocycles. The third-order valence-electron chi connectivity index (χ3n) is 3.02. The lowest BCUT2D eigenvalue weighted by Crippen LogP contribution is -2.33. The Kier molecular flexibility index (Phi) is 4.52. The van der Waals surface area contributed by atoms with Crippen molar-refractivity contribution in [2.24, 2.45) is 0 Å². The second-order valence-corrected chi connectivity index (χ2v) is 4.47. The quantitative estimate of drug-likeness (QED) is 0.767. The molecule has 1 fully saturated rings. The second-order valence-electron chi connectivity index (χ2n) is 4.47. The first-order valence-corrected chi connectivity index (χ1v) is 6.28. The minimum atomic E-state index is -0.358. The van der Waals surface area contributed by atoms with Gasteiger partial charge in [0.1, 0.15) is 5.82 Å². The van der Waals surface area contributed by atoms with E-state index in [4.69, 9.17) is 0 Å². The van der Waals surface area contributed by atoms with Gasteiger partial charge in [0, 0.05) is 18.3 Å². The maximum atomic E-state index is 12.9. The summed E-state index contributed by atoms with van der Waals surface area (Å²) in [6.07, 6.45) is 3.31. The van der Waals surface area contributed by atoms with E-state index in [1.165, 1.54) is 25.0 Å². The molecule has 0 radical (unpaired) electrons. The van der Waals surface area contributed by atoms with Gasteiger partial charge in [0.25, 0.3) is 0 Å². The van der Waals surface area contributed by atoms with Gasteiger partial charge < -0.3 is 16.0 Å². The van der Waals surface area contributed by atoms with E-state index < -0.39 is 0 Å². The molecule has 3 N–H and O–H groups in total. The molecule has 0 aromatic heterocycles. The molecule has 1 atom stereocenters. The van der Waals surface area contributed by atoms with Gasteiger partial charge in [-0.15, -0.1) is 0 Å². The Morgan fingerprint density at radius 1 is 1.50 bits per heavy atom. The summed E-state index contributed by atoms with van der Waals surface area (Å²) in [5.74, 6) is -0.358. The monoisotopic (exact) mass is 251 g/mol. The van der Waals surface area contributed by atoms with Crippen molar-refractivity contribution in [3.8, 4) is 0 Å². The van der Waals surface area contributed by atoms with Gasteiger partial charge in [-0.1, -0.05) is 6.07 Å². The molecule has 0 aliphatic carbocycles. The molecule has 1 aromatic rings. The molecular weight excluding hydrogens is 233 g/mol. The third-order valence-corrected chi connectivity index (χ3v) is 3.02. The van der Waals surface area contributed by atoms with Gasteiger partial charge >= 0.3 is 6.03 Å². The van der Waals surface area contributed by atoms with Gasteiger partial charge in [0.15, 0.2) is 0 Å². The number of nitrogens with one attached hydrogen (secondary N) is 3. The fraction of sp³-hybridized carbons (Fsp3) is 0.462. The lowest BCUT2D eigenvalue weighted by Gasteiger charge is -2.11. The molecule has 0 saturated carbocycles. The fourth-order valence-corrected chi connectivity index (χ4v) is 2.10. The van der Waals surface area contributed by atoms with Crippen molar-refractivity contribution >= 4 is 11.7 Å². The van der Waals surface area contributed by atoms with Gasteiger partial charge in [0.2, 0.25) is 0 Å². The van der Waals surface area contributed by atoms with Crippen molar-refractivity contribution < 1.29 is 9.18 Å². The lowest BCUT2D eigenvalue weighted by atomic mass is 10.1. The molecule has 1 heterocycles. The number of urea groups is 1. The molecule has 98 valence electrons. The first kappa shape index (κ1) is 12.8. The van der Waals surface area contributed by atoms with E-state index in [0.29, 0.717) is 18.3 Å². The van der Waals surface area contributed by atoms with Crippen molar-refractivity contribution in [3.05, 3.63) is 30.1 Å². The topological polar surface area (TPSA) is 53.2 Å². The minimum Gasteiger partial charge on any atom is -0.338 e. The van der Waals surface area contributed by atoms with E-state index in [-0.39, 0.29) is 11.8 Å². The van der Waals surface area contributed by atoms with Gasteiger partial charge in [-0.2, -0.15) is 0 Å². The maximum Gasteiger partial charge on any atom is 0.319 e. The normalized spacial score (nSPS) is 18.6. The summed E-state index contributed by atoms with van der Waals surface area (Å²) in [5.41, 5.74) is 0.464. The lowest BCUT2D eigenvalue weighted by molar-refractivity contribution is 0.251. The maximum absolute atomic E-state index is 12.9. The van der Waals surface area contributed by atoms with E-state index in [0.717, 1.165) is 13.0 Å². The Morgan fingerprint density at radius 3 is 3.11 bits per heavy atom. The molecule has 5 heteroatoms. The van der Waals surface area contributed by atoms with Crippen molar-refractivity contribution in [2.45, 2.75) is 25.3 Å². The van der Waals surface area contributed by atoms with Crippen LogP contribution in [0.15, 0.2) is 24.3 Å². The SMILES string of the molecule is O=C(NCC[C@H]1CCCN1)Nc1cccc(F)c1. The third kappa shape index (κ3) is 4.00. The van der Waals surface area contributed by atoms with Gasteiger partial charge in [-0.05, 0) is 44.0 Å². The zero-order valence-electron chi connectivity index (χ0n) is 10.2. The first-order valence-electron chi connectivity index (χ1n) is 6.28. The summed E-state index contributed by atoms with van der Waals surface area (Å²) in [6, 6.07) is 6.07. The molecule has 2 rings (SSSR count). The molecule has 0 unspecified atom stereocenters. The number of benzene rings is 1. The van der Waals surface area contributed by atoms with Crippen molar-refractivity contribution in [1.29, 1.82) is 0 Å². The Balaban J connectivity index is 1.68. The van der Waals surface area contributed by atoms with Crippen LogP contribution in [-0.4, -0.2) is 25.2 Å². The number of carbonyl (C=O) groups is 1. The van der Waals surface area contributed by atoms with E-state index in [1.807, 2.05) is 0 Å². The number of carbonyl (C=O) groups excluding carboxylic acids is 1. The van der Waals surface area contributed by atoms with E-state index in [2.05, 4.69) is 16.0 Å². The van der Waals surface area contributed by atoms with Crippen LogP contribution < -0.4 is 16.0 Å². The van der Waals surface area contributed by atoms with Gasteiger partial charge in [-0.3, -0.25) is 0 Å². The van der Waals surface area contributed by atoms with Crippen LogP contribution in [0, 0.1) is 5.82 Å². The van der Waals surface area contributed by atoms with Crippen LogP contribution in [0.1, 0.15) is 19.3 Å². The average molecular weight is 251 g/mol. The molecule has 1 saturated heterocycles. The van der Waals surface area contributed by atoms with Gasteiger partial charge in [-0.25, -0.2) is 9.18 Å². The number of rotatable bonds is 4. The Labute approximate surface area is 106 Å². The smallest absolute Gasteiger partial charge is 0.319 e. The highest BCUT2D eigenvalue weighted by Crippen LogP contribution is 2.09. The zero-order valence-corrected chi connectivity index (χ0v) is 10.2. The predicted octanol–water partition coefficient (Wildman–Crippen LogP) is 2.09. The highest BCUT2D eigenvalue weighted by atomic mass is 19.1. The molecule has 1 aliphatic heterocycles. The van der Waals surface area contributed by atoms with E-state index in [9.17, 15) is 9.18 Å². The standard InChI is InChI=1S/C13H18FN3O/c14-10-3-1-4-12(9-10)17-13(18)16-8-6-11-5-2-7-15-11/h1,3-4,9,11,15H,2,5-8H2,(H2,16,17,18)/t11-/m1/s1. The van der Waals surface area contributed by atoms with Crippen LogP contribution in [0.5, 0.6) is 0 Å². The molecule has 0 spiro atoms. The summed E-state index contributed by atoms with van der Waals surface area (Å²) in [6.45, 7) is 1.69. The van der Waals surface area contributed by atoms with Crippen LogP contribution in [0.25, 0.3) is 0 Å². The molecular formula is C13H18FN3O. The van der Waals surface area contributed by atoms with E-state index >= 15 is 0 Å². The summed E-state index contributed by atoms with van der Waals surface area (Å²) in [5, 5.41) is 8.73. The summed E-state index contributed by atoms with van der Waals surface area (Å²) in [7, 11) is 0. The summed E-state index contributed by atoms with van der Waals surface area (Å²) >= 11 is 0. The minimum absolute atomic E-state index is 0.293. The Morgan fingerprint density at radius 2 is 2.39 bits per heavy atom. The number of hydrogen-bond donors (Lipinski definition) is 3. The number of anilines is 1. The average Bonchev–Trinajstić information content (AvgIpc) is 2.82. The number of hydrogen-bond acceptors (Lipinski definition) is 2. The number of halogens is 1. The molecule has 18 heavy (non-hydrogen) atoms. The zero-order chi connectivity index (χ0) is 12.8. The molecule has 4 nitrogen and oxygen atoms in total. The predicted molar refractivity (Wildman–Crippen MR) is 69.1 cm³/mol. The van der Waals surface area contributed by atoms with Gasteiger partial charge in [0.05, 0.1) is 0 Å². The van der Waals surface area contributed by atoms with Crippen LogP contribution in [0.3, 0.4) is 0 Å². The molecule has 1 aliphatic rings. The van der Waals surface area contributed by atoms with Crippen molar-refractivity contribution in [3.63, 3.8) is 0 Å². The molecule has 0 bridgehead atoms. The van der Waals surface area contributed by atoms with Crippen LogP contribution in [-0.2, 0) is 0 Å². The van der Waals surface area contributed by atoms with Crippen LogP contribution >= 0.6 is 0 Å². The van der Waals surface area contributed by atoms with E-state index in [1.54, 1.807) is 12.1 Å². The van der Waals surface area contributed by atoms with Crippen LogP contribution in [0.4, 0.5) is 14.9 Å². The Hall–Kier alpha value is -1.62. The second kappa shape index (κ2) is 6.35. The van der Waals surface area contributed by atoms with Crippen molar-refractivity contribution in [1.82, 2.24) is 10.6 Å². The van der Waals surface area contributed by atoms with Crippen LogP contribution in [0.2, 0.25) is 0 Å². The molecule has 2 amide bonds. The fourth-order valence-electron chi connectivity index (χ4n) is 2.10. The summed E-state index contributed by atoms with van der Waals surface area (Å²) in [4.78, 5) is 11.5. The first-order chi connectivity index (χ1) is 8.74. The summed E-state index contributed by atoms with van der Waals surface area (Å²) < 4.78 is 12.9. The highest BCUT2D eigenvalue weighted by Gasteiger charge is 2.13. The highest BCUT2D eigenvalue weighted by molar-refractivity contribution is 5.89. The largest absolute Gasteiger partial charge is 0.338 e. The Bertz CT molecular complexity index is 405. The van der Waals surface area contributed by atoms with Crippen molar-refractivity contribution in [2.75, 3.05) is 18.4 Å². The number of amides is 2.